The third kappa shape index (κ3) is 5.10. The number of hydrogen-bond donors (Lipinski definition) is 1. The molecule has 0 atom stereocenters. The Morgan fingerprint density at radius 1 is 1.06 bits per heavy atom. The fraction of sp³-hybridized carbons (Fsp3) is 0.158. The number of aromatic nitrogens is 2. The Hall–Kier alpha value is -3.64. The van der Waals surface area contributed by atoms with E-state index in [0.717, 1.165) is 32.4 Å². The molecule has 10 nitrogen and oxygen atoms in total. The highest BCUT2D eigenvalue weighted by Gasteiger charge is 2.22. The van der Waals surface area contributed by atoms with E-state index in [-0.39, 0.29) is 34.3 Å². The van der Waals surface area contributed by atoms with Gasteiger partial charge in [-0.2, -0.15) is 4.98 Å². The Morgan fingerprint density at radius 2 is 1.71 bits per heavy atom. The molecule has 1 N–H and O–H groups in total. The zero-order valence-electron chi connectivity index (χ0n) is 16.3. The molecule has 31 heavy (non-hydrogen) atoms. The van der Waals surface area contributed by atoms with Gasteiger partial charge in [-0.05, 0) is 36.4 Å². The van der Waals surface area contributed by atoms with Crippen LogP contribution in [-0.4, -0.2) is 44.7 Å². The molecule has 0 spiro atoms. The van der Waals surface area contributed by atoms with E-state index in [0.29, 0.717) is 5.56 Å². The van der Waals surface area contributed by atoms with Gasteiger partial charge in [-0.3, -0.25) is 0 Å². The van der Waals surface area contributed by atoms with Crippen molar-refractivity contribution >= 4 is 22.0 Å². The number of carbonyl (C=O) groups excluding carboxylic acids is 2. The van der Waals surface area contributed by atoms with Crippen LogP contribution >= 0.6 is 0 Å². The summed E-state index contributed by atoms with van der Waals surface area (Å²) in [7, 11) is -1.96. The van der Waals surface area contributed by atoms with Crippen molar-refractivity contribution in [3.63, 3.8) is 0 Å². The van der Waals surface area contributed by atoms with E-state index < -0.39 is 27.8 Å². The second kappa shape index (κ2) is 9.02. The highest BCUT2D eigenvalue weighted by atomic mass is 32.2. The monoisotopic (exact) mass is 449 g/mol. The van der Waals surface area contributed by atoms with Crippen molar-refractivity contribution in [3.05, 3.63) is 65.2 Å². The van der Waals surface area contributed by atoms with Crippen molar-refractivity contribution in [2.45, 2.75) is 11.4 Å². The summed E-state index contributed by atoms with van der Waals surface area (Å²) in [4.78, 5) is 27.3. The molecule has 12 heteroatoms. The molecule has 3 rings (SSSR count). The molecule has 0 amide bonds. The van der Waals surface area contributed by atoms with Gasteiger partial charge < -0.3 is 14.0 Å². The van der Waals surface area contributed by atoms with Crippen LogP contribution in [0, 0.1) is 5.82 Å². The SMILES string of the molecule is COC(=O)c1cc(C(=O)OC)cc(S(=O)(=O)NCc2noc(-c3cccc(F)c3)n2)c1. The quantitative estimate of drug-likeness (QED) is 0.536. The number of carbonyl (C=O) groups is 2. The van der Waals surface area contributed by atoms with Gasteiger partial charge in [0.05, 0.1) is 36.8 Å². The maximum atomic E-state index is 13.3. The van der Waals surface area contributed by atoms with Crippen LogP contribution in [0.15, 0.2) is 51.9 Å². The zero-order chi connectivity index (χ0) is 22.6. The summed E-state index contributed by atoms with van der Waals surface area (Å²) < 4.78 is 55.2. The van der Waals surface area contributed by atoms with Crippen molar-refractivity contribution in [3.8, 4) is 11.5 Å². The number of halogens is 1. The van der Waals surface area contributed by atoms with Crippen molar-refractivity contribution in [1.29, 1.82) is 0 Å². The van der Waals surface area contributed by atoms with Gasteiger partial charge in [0.25, 0.3) is 5.89 Å². The van der Waals surface area contributed by atoms with E-state index in [1.54, 1.807) is 6.07 Å². The predicted octanol–water partition coefficient (Wildman–Crippen LogP) is 1.93. The molecule has 3 aromatic rings. The highest BCUT2D eigenvalue weighted by Crippen LogP contribution is 2.19. The van der Waals surface area contributed by atoms with Gasteiger partial charge in [-0.25, -0.2) is 27.1 Å². The van der Waals surface area contributed by atoms with E-state index in [9.17, 15) is 22.4 Å². The summed E-state index contributed by atoms with van der Waals surface area (Å²) in [5.41, 5.74) is 0.0209. The minimum atomic E-state index is -4.20. The van der Waals surface area contributed by atoms with Gasteiger partial charge in [0.2, 0.25) is 10.0 Å². The van der Waals surface area contributed by atoms with Crippen LogP contribution in [0.4, 0.5) is 4.39 Å². The number of benzene rings is 2. The van der Waals surface area contributed by atoms with Crippen molar-refractivity contribution in [2.75, 3.05) is 14.2 Å². The molecule has 1 heterocycles. The topological polar surface area (TPSA) is 138 Å². The molecule has 1 aromatic heterocycles. The lowest BCUT2D eigenvalue weighted by Crippen LogP contribution is -2.24. The van der Waals surface area contributed by atoms with E-state index in [1.807, 2.05) is 0 Å². The van der Waals surface area contributed by atoms with Gasteiger partial charge in [-0.1, -0.05) is 11.2 Å². The first-order valence-corrected chi connectivity index (χ1v) is 10.1. The number of esters is 2. The number of hydrogen-bond acceptors (Lipinski definition) is 9. The maximum absolute atomic E-state index is 13.3. The number of methoxy groups -OCH3 is 2. The zero-order valence-corrected chi connectivity index (χ0v) is 17.1. The summed E-state index contributed by atoms with van der Waals surface area (Å²) >= 11 is 0. The van der Waals surface area contributed by atoms with Crippen molar-refractivity contribution in [1.82, 2.24) is 14.9 Å². The number of sulfonamides is 1. The Morgan fingerprint density at radius 3 is 2.29 bits per heavy atom. The van der Waals surface area contributed by atoms with Crippen LogP contribution in [0.3, 0.4) is 0 Å². The van der Waals surface area contributed by atoms with Crippen LogP contribution in [0.1, 0.15) is 26.5 Å². The number of nitrogens with one attached hydrogen (secondary N) is 1. The van der Waals surface area contributed by atoms with Crippen LogP contribution in [0.5, 0.6) is 0 Å². The van der Waals surface area contributed by atoms with E-state index in [2.05, 4.69) is 24.3 Å². The normalized spacial score (nSPS) is 11.2. The highest BCUT2D eigenvalue weighted by molar-refractivity contribution is 7.89. The lowest BCUT2D eigenvalue weighted by Gasteiger charge is -2.09. The van der Waals surface area contributed by atoms with Crippen LogP contribution in [-0.2, 0) is 26.0 Å². The fourth-order valence-electron chi connectivity index (χ4n) is 2.53. The summed E-state index contributed by atoms with van der Waals surface area (Å²) in [6.07, 6.45) is 0. The van der Waals surface area contributed by atoms with Crippen LogP contribution < -0.4 is 4.72 Å². The standard InChI is InChI=1S/C19H16FN3O7S/c1-28-18(24)12-6-13(19(25)29-2)9-15(8-12)31(26,27)21-10-16-22-17(30-23-16)11-4-3-5-14(20)7-11/h3-9,21H,10H2,1-2H3. The molecule has 0 bridgehead atoms. The van der Waals surface area contributed by atoms with Crippen molar-refractivity contribution < 1.29 is 36.4 Å². The largest absolute Gasteiger partial charge is 0.465 e. The fourth-order valence-corrected chi connectivity index (χ4v) is 3.58. The average Bonchev–Trinajstić information content (AvgIpc) is 3.25. The lowest BCUT2D eigenvalue weighted by molar-refractivity contribution is 0.0598. The summed E-state index contributed by atoms with van der Waals surface area (Å²) in [6, 6.07) is 8.71. The molecule has 0 saturated heterocycles. The Labute approximate surface area is 176 Å². The molecule has 2 aromatic carbocycles. The molecule has 0 saturated carbocycles. The smallest absolute Gasteiger partial charge is 0.337 e. The molecular formula is C19H16FN3O7S. The number of ether oxygens (including phenoxy) is 2. The first-order valence-electron chi connectivity index (χ1n) is 8.63. The van der Waals surface area contributed by atoms with Crippen LogP contribution in [0.25, 0.3) is 11.5 Å². The number of rotatable bonds is 7. The van der Waals surface area contributed by atoms with E-state index >= 15 is 0 Å². The number of nitrogens with zero attached hydrogens (tertiary/aromatic N) is 2. The molecular weight excluding hydrogens is 433 g/mol. The minimum Gasteiger partial charge on any atom is -0.465 e. The minimum absolute atomic E-state index is 0.00867. The first-order chi connectivity index (χ1) is 14.7. The van der Waals surface area contributed by atoms with E-state index in [1.165, 1.54) is 18.2 Å². The Kier molecular flexibility index (Phi) is 6.42. The second-order valence-electron chi connectivity index (χ2n) is 6.08. The van der Waals surface area contributed by atoms with Gasteiger partial charge in [-0.15, -0.1) is 0 Å². The summed E-state index contributed by atoms with van der Waals surface area (Å²) in [5, 5.41) is 3.65. The van der Waals surface area contributed by atoms with Gasteiger partial charge in [0.1, 0.15) is 5.82 Å². The third-order valence-electron chi connectivity index (χ3n) is 4.02. The predicted molar refractivity (Wildman–Crippen MR) is 103 cm³/mol. The molecule has 0 aliphatic rings. The average molecular weight is 449 g/mol. The van der Waals surface area contributed by atoms with Gasteiger partial charge in [0, 0.05) is 5.56 Å². The molecule has 0 aliphatic heterocycles. The second-order valence-corrected chi connectivity index (χ2v) is 7.85. The Bertz CT molecular complexity index is 1210. The molecule has 0 aliphatic carbocycles. The molecule has 0 fully saturated rings. The molecule has 0 radical (unpaired) electrons. The summed E-state index contributed by atoms with van der Waals surface area (Å²) in [6.45, 7) is -0.364. The molecule has 162 valence electrons. The Balaban J connectivity index is 1.84. The van der Waals surface area contributed by atoms with E-state index in [4.69, 9.17) is 4.52 Å². The van der Waals surface area contributed by atoms with Crippen LogP contribution in [0.2, 0.25) is 0 Å². The van der Waals surface area contributed by atoms with Gasteiger partial charge >= 0.3 is 11.9 Å². The maximum Gasteiger partial charge on any atom is 0.337 e. The lowest BCUT2D eigenvalue weighted by atomic mass is 10.1. The third-order valence-corrected chi connectivity index (χ3v) is 5.40. The molecule has 0 unspecified atom stereocenters. The van der Waals surface area contributed by atoms with Crippen molar-refractivity contribution in [2.24, 2.45) is 0 Å². The first kappa shape index (κ1) is 22.1. The summed E-state index contributed by atoms with van der Waals surface area (Å²) in [5.74, 6) is -2.17. The van der Waals surface area contributed by atoms with Gasteiger partial charge in [0.15, 0.2) is 5.82 Å².